The zero-order valence-electron chi connectivity index (χ0n) is 10.1. The van der Waals surface area contributed by atoms with Crippen LogP contribution in [0.4, 0.5) is 0 Å². The van der Waals surface area contributed by atoms with Gasteiger partial charge in [0.2, 0.25) is 0 Å². The highest BCUT2D eigenvalue weighted by molar-refractivity contribution is 5.91. The molecule has 1 amide bonds. The minimum atomic E-state index is -0.100. The lowest BCUT2D eigenvalue weighted by atomic mass is 9.87. The van der Waals surface area contributed by atoms with Crippen molar-refractivity contribution < 1.29 is 4.79 Å². The number of hydrogen-bond donors (Lipinski definition) is 0. The molecule has 2 nitrogen and oxygen atoms in total. The fraction of sp³-hybridized carbons (Fsp3) is 0.400. The van der Waals surface area contributed by atoms with Gasteiger partial charge in [0.15, 0.2) is 0 Å². The van der Waals surface area contributed by atoms with Gasteiger partial charge in [0.25, 0.3) is 5.91 Å². The van der Waals surface area contributed by atoms with E-state index < -0.39 is 0 Å². The van der Waals surface area contributed by atoms with Crippen LogP contribution in [0.2, 0.25) is 0 Å². The smallest absolute Gasteiger partial charge is 0.253 e. The number of benzene rings is 1. The van der Waals surface area contributed by atoms with Gasteiger partial charge in [-0.1, -0.05) is 24.3 Å². The molecule has 1 aromatic rings. The zero-order chi connectivity index (χ0) is 11.8. The maximum atomic E-state index is 12.0. The summed E-state index contributed by atoms with van der Waals surface area (Å²) in [6.45, 7) is 1.96. The molecular formula is C15H16NO. The first kappa shape index (κ1) is 10.6. The van der Waals surface area contributed by atoms with Gasteiger partial charge in [-0.05, 0) is 49.3 Å². The third-order valence-electron chi connectivity index (χ3n) is 3.81. The van der Waals surface area contributed by atoms with Gasteiger partial charge in [0.05, 0.1) is 5.92 Å². The number of amides is 1. The van der Waals surface area contributed by atoms with Crippen LogP contribution in [0, 0.1) is 0 Å². The third-order valence-corrected chi connectivity index (χ3v) is 3.81. The second-order valence-corrected chi connectivity index (χ2v) is 4.89. The van der Waals surface area contributed by atoms with E-state index in [1.165, 1.54) is 17.6 Å². The van der Waals surface area contributed by atoms with Crippen LogP contribution < -0.4 is 5.32 Å². The summed E-state index contributed by atoms with van der Waals surface area (Å²) >= 11 is 0. The van der Waals surface area contributed by atoms with Crippen LogP contribution in [-0.2, 0) is 4.79 Å². The summed E-state index contributed by atoms with van der Waals surface area (Å²) in [6.07, 6.45) is 4.40. The zero-order valence-corrected chi connectivity index (χ0v) is 10.1. The van der Waals surface area contributed by atoms with E-state index in [4.69, 9.17) is 0 Å². The fourth-order valence-corrected chi connectivity index (χ4v) is 2.82. The van der Waals surface area contributed by atoms with Gasteiger partial charge < -0.3 is 0 Å². The minimum absolute atomic E-state index is 0.0179. The molecule has 0 saturated carbocycles. The van der Waals surface area contributed by atoms with Gasteiger partial charge in [-0.3, -0.25) is 4.79 Å². The Morgan fingerprint density at radius 1 is 1.18 bits per heavy atom. The van der Waals surface area contributed by atoms with Crippen molar-refractivity contribution in [3.8, 4) is 0 Å². The van der Waals surface area contributed by atoms with Crippen LogP contribution in [-0.4, -0.2) is 5.91 Å². The molecule has 1 heterocycles. The first-order valence-corrected chi connectivity index (χ1v) is 6.34. The molecule has 1 aliphatic heterocycles. The minimum Gasteiger partial charge on any atom is -0.272 e. The Morgan fingerprint density at radius 2 is 1.94 bits per heavy atom. The predicted molar refractivity (Wildman–Crippen MR) is 67.4 cm³/mol. The number of allylic oxidation sites excluding steroid dienone is 2. The lowest BCUT2D eigenvalue weighted by molar-refractivity contribution is -0.121. The predicted octanol–water partition coefficient (Wildman–Crippen LogP) is 3.22. The highest BCUT2D eigenvalue weighted by Crippen LogP contribution is 2.38. The summed E-state index contributed by atoms with van der Waals surface area (Å²) in [4.78, 5) is 12.0. The second kappa shape index (κ2) is 4.02. The molecule has 0 aromatic heterocycles. The standard InChI is InChI=1S/C15H16NO/c1-10-11-6-2-3-7-12(11)13-8-4-5-9-14(13)16-15(10)17/h2-3,6-7,10H,4-5,8-9H2,1H3. The summed E-state index contributed by atoms with van der Waals surface area (Å²) in [6, 6.07) is 8.27. The maximum Gasteiger partial charge on any atom is 0.253 e. The molecule has 0 spiro atoms. The van der Waals surface area contributed by atoms with Crippen molar-refractivity contribution in [2.45, 2.75) is 38.5 Å². The number of carbonyl (C=O) groups excluding carboxylic acids is 1. The number of fused-ring (bicyclic) bond motifs is 2. The SMILES string of the molecule is CC1C(=O)[N]C2=C(CCCC2)c2ccccc21. The number of carbonyl (C=O) groups is 1. The summed E-state index contributed by atoms with van der Waals surface area (Å²) < 4.78 is 0. The molecule has 17 heavy (non-hydrogen) atoms. The Bertz CT molecular complexity index is 501. The van der Waals surface area contributed by atoms with E-state index >= 15 is 0 Å². The van der Waals surface area contributed by atoms with Crippen LogP contribution >= 0.6 is 0 Å². The van der Waals surface area contributed by atoms with Crippen molar-refractivity contribution in [1.29, 1.82) is 0 Å². The average molecular weight is 226 g/mol. The average Bonchev–Trinajstić information content (AvgIpc) is 2.48. The third kappa shape index (κ3) is 1.68. The Hall–Kier alpha value is -1.57. The first-order valence-electron chi connectivity index (χ1n) is 6.34. The van der Waals surface area contributed by atoms with Crippen molar-refractivity contribution in [2.24, 2.45) is 0 Å². The molecule has 2 heteroatoms. The van der Waals surface area contributed by atoms with Gasteiger partial charge in [-0.2, -0.15) is 0 Å². The molecule has 0 saturated heterocycles. The molecule has 3 rings (SSSR count). The summed E-state index contributed by atoms with van der Waals surface area (Å²) in [5.41, 5.74) is 4.75. The molecule has 1 atom stereocenters. The van der Waals surface area contributed by atoms with Crippen molar-refractivity contribution in [3.63, 3.8) is 0 Å². The van der Waals surface area contributed by atoms with Gasteiger partial charge in [-0.15, -0.1) is 0 Å². The number of rotatable bonds is 0. The van der Waals surface area contributed by atoms with Crippen LogP contribution in [0.1, 0.15) is 49.7 Å². The van der Waals surface area contributed by atoms with Crippen molar-refractivity contribution in [3.05, 3.63) is 41.1 Å². The van der Waals surface area contributed by atoms with Crippen molar-refractivity contribution in [1.82, 2.24) is 5.32 Å². The van der Waals surface area contributed by atoms with E-state index in [0.29, 0.717) is 0 Å². The molecule has 0 bridgehead atoms. The Labute approximate surface area is 102 Å². The van der Waals surface area contributed by atoms with Crippen LogP contribution in [0.15, 0.2) is 30.0 Å². The van der Waals surface area contributed by atoms with Crippen LogP contribution in [0.3, 0.4) is 0 Å². The Balaban J connectivity index is 2.20. The quantitative estimate of drug-likeness (QED) is 0.668. The first-order chi connectivity index (χ1) is 8.27. The van der Waals surface area contributed by atoms with Crippen molar-refractivity contribution >= 4 is 11.5 Å². The second-order valence-electron chi connectivity index (χ2n) is 4.89. The Morgan fingerprint density at radius 3 is 2.82 bits per heavy atom. The molecule has 1 aromatic carbocycles. The number of hydrogen-bond acceptors (Lipinski definition) is 1. The molecule has 87 valence electrons. The lowest BCUT2D eigenvalue weighted by Gasteiger charge is -2.18. The van der Waals surface area contributed by atoms with E-state index in [1.807, 2.05) is 13.0 Å². The van der Waals surface area contributed by atoms with Gasteiger partial charge >= 0.3 is 0 Å². The van der Waals surface area contributed by atoms with E-state index in [0.717, 1.165) is 30.5 Å². The summed E-state index contributed by atoms with van der Waals surface area (Å²) in [7, 11) is 0. The molecule has 1 radical (unpaired) electrons. The van der Waals surface area contributed by atoms with E-state index in [2.05, 4.69) is 23.5 Å². The number of nitrogens with zero attached hydrogens (tertiary/aromatic N) is 1. The molecule has 1 unspecified atom stereocenters. The Kier molecular flexibility index (Phi) is 2.50. The monoisotopic (exact) mass is 226 g/mol. The largest absolute Gasteiger partial charge is 0.272 e. The van der Waals surface area contributed by atoms with E-state index in [-0.39, 0.29) is 11.8 Å². The summed E-state index contributed by atoms with van der Waals surface area (Å²) in [5.74, 6) is -0.0823. The van der Waals surface area contributed by atoms with Gasteiger partial charge in [0, 0.05) is 5.70 Å². The molecular weight excluding hydrogens is 210 g/mol. The fourth-order valence-electron chi connectivity index (χ4n) is 2.82. The molecule has 2 aliphatic rings. The lowest BCUT2D eigenvalue weighted by Crippen LogP contribution is -2.20. The molecule has 1 aliphatic carbocycles. The normalized spacial score (nSPS) is 23.6. The maximum absolute atomic E-state index is 12.0. The van der Waals surface area contributed by atoms with Gasteiger partial charge in [0.1, 0.15) is 0 Å². The molecule has 0 N–H and O–H groups in total. The van der Waals surface area contributed by atoms with Crippen LogP contribution in [0.5, 0.6) is 0 Å². The van der Waals surface area contributed by atoms with Gasteiger partial charge in [-0.25, -0.2) is 5.32 Å². The van der Waals surface area contributed by atoms with Crippen LogP contribution in [0.25, 0.3) is 5.57 Å². The molecule has 0 fully saturated rings. The van der Waals surface area contributed by atoms with Crippen molar-refractivity contribution in [2.75, 3.05) is 0 Å². The summed E-state index contributed by atoms with van der Waals surface area (Å²) in [5, 5.41) is 4.33. The topological polar surface area (TPSA) is 31.2 Å². The highest BCUT2D eigenvalue weighted by Gasteiger charge is 2.28. The van der Waals surface area contributed by atoms with E-state index in [9.17, 15) is 4.79 Å². The van der Waals surface area contributed by atoms with E-state index in [1.54, 1.807) is 0 Å². The highest BCUT2D eigenvalue weighted by atomic mass is 16.1.